The molecule has 1 heterocycles. The number of alkyl halides is 3. The summed E-state index contributed by atoms with van der Waals surface area (Å²) in [6, 6.07) is 0. The van der Waals surface area contributed by atoms with E-state index in [1.54, 1.807) is 20.8 Å². The normalized spacial score (nSPS) is 28.0. The van der Waals surface area contributed by atoms with Crippen LogP contribution in [0.2, 0.25) is 0 Å². The van der Waals surface area contributed by atoms with Crippen LogP contribution < -0.4 is 0 Å². The van der Waals surface area contributed by atoms with Crippen LogP contribution in [0.4, 0.5) is 13.2 Å². The van der Waals surface area contributed by atoms with E-state index in [9.17, 15) is 23.1 Å². The molecule has 0 bridgehead atoms. The molecule has 0 fully saturated rings. The van der Waals surface area contributed by atoms with Gasteiger partial charge in [-0.25, -0.2) is 4.99 Å². The summed E-state index contributed by atoms with van der Waals surface area (Å²) in [5.41, 5.74) is -4.15. The molecule has 1 rings (SSSR count). The highest BCUT2D eigenvalue weighted by Crippen LogP contribution is 2.45. The van der Waals surface area contributed by atoms with Crippen molar-refractivity contribution in [1.29, 1.82) is 0 Å². The zero-order valence-corrected chi connectivity index (χ0v) is 13.7. The molecule has 1 aliphatic rings. The Morgan fingerprint density at radius 2 is 1.96 bits per heavy atom. The molecule has 8 heteroatoms. The Morgan fingerprint density at radius 3 is 2.39 bits per heavy atom. The summed E-state index contributed by atoms with van der Waals surface area (Å²) >= 11 is 0. The molecule has 5 nitrogen and oxygen atoms in total. The molecule has 0 aromatic carbocycles. The number of ether oxygens (including phenoxy) is 2. The molecule has 130 valence electrons. The third kappa shape index (κ3) is 4.45. The van der Waals surface area contributed by atoms with E-state index in [4.69, 9.17) is 9.47 Å². The third-order valence-electron chi connectivity index (χ3n) is 2.98. The van der Waals surface area contributed by atoms with Gasteiger partial charge in [0.05, 0.1) is 12.1 Å². The summed E-state index contributed by atoms with van der Waals surface area (Å²) in [6.45, 7) is 7.35. The van der Waals surface area contributed by atoms with Gasteiger partial charge in [-0.3, -0.25) is 9.53 Å². The summed E-state index contributed by atoms with van der Waals surface area (Å²) in [6.07, 6.45) is -6.30. The summed E-state index contributed by atoms with van der Waals surface area (Å²) in [5.74, 6) is 1.23. The van der Waals surface area contributed by atoms with Crippen molar-refractivity contribution in [2.45, 2.75) is 70.7 Å². The van der Waals surface area contributed by atoms with E-state index in [2.05, 4.69) is 16.8 Å². The fourth-order valence-electron chi connectivity index (χ4n) is 2.01. The number of hydrogen-bond acceptors (Lipinski definition) is 5. The van der Waals surface area contributed by atoms with Crippen molar-refractivity contribution in [2.75, 3.05) is 0 Å². The average Bonchev–Trinajstić information content (AvgIpc) is 2.58. The van der Waals surface area contributed by atoms with Crippen molar-refractivity contribution >= 4 is 11.7 Å². The first-order valence-corrected chi connectivity index (χ1v) is 6.97. The average molecular weight is 335 g/mol. The first kappa shape index (κ1) is 19.5. The minimum absolute atomic E-state index is 0.312. The second kappa shape index (κ2) is 6.13. The third-order valence-corrected chi connectivity index (χ3v) is 2.98. The van der Waals surface area contributed by atoms with Crippen LogP contribution in [0.5, 0.6) is 0 Å². The molecule has 0 aromatic rings. The number of carbonyl (C=O) groups excluding carboxylic acids is 1. The largest absolute Gasteiger partial charge is 0.460 e. The Labute approximate surface area is 132 Å². The van der Waals surface area contributed by atoms with Crippen molar-refractivity contribution < 1.29 is 32.5 Å². The molecule has 2 unspecified atom stereocenters. The molecule has 0 saturated heterocycles. The molecule has 1 N–H and O–H groups in total. The second-order valence-electron chi connectivity index (χ2n) is 6.19. The highest BCUT2D eigenvalue weighted by molar-refractivity contribution is 5.93. The van der Waals surface area contributed by atoms with Crippen molar-refractivity contribution in [3.05, 3.63) is 0 Å². The quantitative estimate of drug-likeness (QED) is 0.636. The fourth-order valence-corrected chi connectivity index (χ4v) is 2.01. The number of aliphatic imine (C=N–C) groups is 1. The smallest absolute Gasteiger partial charge is 0.438 e. The monoisotopic (exact) mass is 335 g/mol. The van der Waals surface area contributed by atoms with Crippen LogP contribution in [0.15, 0.2) is 4.99 Å². The van der Waals surface area contributed by atoms with Gasteiger partial charge >= 0.3 is 12.1 Å². The number of nitrogens with zero attached hydrogens (tertiary/aromatic N) is 1. The summed E-state index contributed by atoms with van der Waals surface area (Å²) in [5, 5.41) is 10.1. The Kier molecular flexibility index (Phi) is 5.19. The van der Waals surface area contributed by atoms with E-state index in [0.717, 1.165) is 0 Å². The van der Waals surface area contributed by atoms with E-state index < -0.39 is 42.1 Å². The van der Waals surface area contributed by atoms with Gasteiger partial charge in [-0.05, 0) is 40.5 Å². The van der Waals surface area contributed by atoms with Crippen LogP contribution in [0.1, 0.15) is 47.5 Å². The van der Waals surface area contributed by atoms with E-state index >= 15 is 0 Å². The molecule has 2 atom stereocenters. The number of hydrogen-bond donors (Lipinski definition) is 1. The van der Waals surface area contributed by atoms with Crippen molar-refractivity contribution in [3.63, 3.8) is 0 Å². The van der Waals surface area contributed by atoms with Gasteiger partial charge in [-0.15, -0.1) is 5.92 Å². The Bertz CT molecular complexity index is 568. The predicted octanol–water partition coefficient (Wildman–Crippen LogP) is 2.57. The van der Waals surface area contributed by atoms with E-state index in [0.29, 0.717) is 0 Å². The van der Waals surface area contributed by atoms with Gasteiger partial charge in [0.2, 0.25) is 0 Å². The molecular weight excluding hydrogens is 315 g/mol. The van der Waals surface area contributed by atoms with Gasteiger partial charge in [0.1, 0.15) is 5.60 Å². The number of halogens is 3. The standard InChI is InChI=1S/C15H20F3NO4/c1-6-8-13(21)10(2)19-14(23-13,15(16,17)18)9-7-11(20)22-12(3,4)5/h21H,7,9H2,1-5H3. The molecule has 0 spiro atoms. The SMILES string of the molecule is CC#CC1(O)OC(CCC(=O)OC(C)(C)C)(C(F)(F)F)N=C1C. The lowest BCUT2D eigenvalue weighted by Crippen LogP contribution is -2.48. The van der Waals surface area contributed by atoms with E-state index in [-0.39, 0.29) is 5.71 Å². The van der Waals surface area contributed by atoms with Gasteiger partial charge in [-0.1, -0.05) is 0 Å². The van der Waals surface area contributed by atoms with Crippen molar-refractivity contribution in [2.24, 2.45) is 4.99 Å². The highest BCUT2D eigenvalue weighted by atomic mass is 19.4. The Morgan fingerprint density at radius 1 is 1.39 bits per heavy atom. The Hall–Kier alpha value is -1.59. The minimum Gasteiger partial charge on any atom is -0.460 e. The van der Waals surface area contributed by atoms with Crippen LogP contribution in [0.3, 0.4) is 0 Å². The van der Waals surface area contributed by atoms with Gasteiger partial charge in [0, 0.05) is 6.42 Å². The lowest BCUT2D eigenvalue weighted by molar-refractivity contribution is -0.308. The molecular formula is C15H20F3NO4. The second-order valence-corrected chi connectivity index (χ2v) is 6.19. The number of esters is 1. The zero-order valence-electron chi connectivity index (χ0n) is 13.7. The topological polar surface area (TPSA) is 68.1 Å². The summed E-state index contributed by atoms with van der Waals surface area (Å²) in [7, 11) is 0. The van der Waals surface area contributed by atoms with Gasteiger partial charge in [0.25, 0.3) is 11.5 Å². The van der Waals surface area contributed by atoms with Crippen molar-refractivity contribution in [3.8, 4) is 11.8 Å². The van der Waals surface area contributed by atoms with E-state index in [1.165, 1.54) is 13.8 Å². The van der Waals surface area contributed by atoms with Gasteiger partial charge < -0.3 is 9.84 Å². The fraction of sp³-hybridized carbons (Fsp3) is 0.733. The summed E-state index contributed by atoms with van der Waals surface area (Å²) in [4.78, 5) is 15.1. The first-order valence-electron chi connectivity index (χ1n) is 6.97. The Balaban J connectivity index is 3.01. The molecule has 23 heavy (non-hydrogen) atoms. The maximum absolute atomic E-state index is 13.4. The van der Waals surface area contributed by atoms with Crippen LogP contribution in [0.25, 0.3) is 0 Å². The highest BCUT2D eigenvalue weighted by Gasteiger charge is 2.64. The maximum Gasteiger partial charge on any atom is 0.438 e. The maximum atomic E-state index is 13.4. The van der Waals surface area contributed by atoms with Crippen LogP contribution in [0, 0.1) is 11.8 Å². The number of aliphatic hydroxyl groups is 1. The zero-order chi connectivity index (χ0) is 18.1. The lowest BCUT2D eigenvalue weighted by atomic mass is 10.1. The van der Waals surface area contributed by atoms with Crippen molar-refractivity contribution in [1.82, 2.24) is 0 Å². The van der Waals surface area contributed by atoms with Crippen LogP contribution in [-0.4, -0.2) is 40.1 Å². The molecule has 0 aromatic heterocycles. The van der Waals surface area contributed by atoms with Crippen LogP contribution in [-0.2, 0) is 14.3 Å². The molecule has 0 aliphatic carbocycles. The predicted molar refractivity (Wildman–Crippen MR) is 76.5 cm³/mol. The molecule has 0 saturated carbocycles. The lowest BCUT2D eigenvalue weighted by Gasteiger charge is -2.30. The van der Waals surface area contributed by atoms with Crippen LogP contribution >= 0.6 is 0 Å². The van der Waals surface area contributed by atoms with Gasteiger partial charge in [0.15, 0.2) is 0 Å². The molecule has 1 aliphatic heterocycles. The minimum atomic E-state index is -4.92. The molecule has 0 amide bonds. The first-order chi connectivity index (χ1) is 10.2. The number of carbonyl (C=O) groups is 1. The van der Waals surface area contributed by atoms with E-state index in [1.807, 2.05) is 0 Å². The number of rotatable bonds is 3. The van der Waals surface area contributed by atoms with Gasteiger partial charge in [-0.2, -0.15) is 13.2 Å². The summed E-state index contributed by atoms with van der Waals surface area (Å²) < 4.78 is 50.0. The molecule has 0 radical (unpaired) electrons.